The second kappa shape index (κ2) is 5.74. The molecule has 1 aromatic rings. The van der Waals surface area contributed by atoms with Gasteiger partial charge in [0.25, 0.3) is 0 Å². The van der Waals surface area contributed by atoms with E-state index in [4.69, 9.17) is 5.73 Å². The molecule has 0 amide bonds. The van der Waals surface area contributed by atoms with Gasteiger partial charge in [-0.15, -0.1) is 0 Å². The number of anilines is 1. The molecule has 1 saturated carbocycles. The normalized spacial score (nSPS) is 16.4. The molecule has 4 nitrogen and oxygen atoms in total. The van der Waals surface area contributed by atoms with Crippen LogP contribution in [0.25, 0.3) is 0 Å². The van der Waals surface area contributed by atoms with Gasteiger partial charge in [0.05, 0.1) is 5.69 Å². The van der Waals surface area contributed by atoms with Gasteiger partial charge in [-0.05, 0) is 55.9 Å². The van der Waals surface area contributed by atoms with Crippen molar-refractivity contribution in [2.24, 2.45) is 5.92 Å². The summed E-state index contributed by atoms with van der Waals surface area (Å²) in [6.45, 7) is 6.84. The molecule has 1 aromatic carbocycles. The van der Waals surface area contributed by atoms with E-state index in [-0.39, 0.29) is 4.90 Å². The molecule has 0 aliphatic heterocycles. The van der Waals surface area contributed by atoms with Crippen molar-refractivity contribution in [2.75, 3.05) is 18.8 Å². The molecule has 20 heavy (non-hydrogen) atoms. The third-order valence-electron chi connectivity index (χ3n) is 4.28. The average molecular weight is 296 g/mol. The number of aryl methyl sites for hydroxylation is 2. The summed E-state index contributed by atoms with van der Waals surface area (Å²) < 4.78 is 27.1. The van der Waals surface area contributed by atoms with Crippen LogP contribution in [0.2, 0.25) is 0 Å². The second-order valence-corrected chi connectivity index (χ2v) is 7.63. The zero-order valence-electron chi connectivity index (χ0n) is 12.5. The van der Waals surface area contributed by atoms with Crippen LogP contribution in [0, 0.1) is 19.8 Å². The van der Waals surface area contributed by atoms with E-state index in [1.54, 1.807) is 16.4 Å². The van der Waals surface area contributed by atoms with Gasteiger partial charge < -0.3 is 5.73 Å². The summed E-state index contributed by atoms with van der Waals surface area (Å²) >= 11 is 0. The van der Waals surface area contributed by atoms with Crippen molar-refractivity contribution in [1.29, 1.82) is 0 Å². The van der Waals surface area contributed by atoms with E-state index in [0.29, 0.717) is 24.7 Å². The van der Waals surface area contributed by atoms with Gasteiger partial charge in [0.1, 0.15) is 4.90 Å². The summed E-state index contributed by atoms with van der Waals surface area (Å²) in [5, 5.41) is 0. The maximum absolute atomic E-state index is 12.8. The SMILES string of the molecule is CCN(CC1CCC1)S(=O)(=O)c1cc(C)c(C)cc1N. The number of nitrogen functional groups attached to an aromatic ring is 1. The first-order chi connectivity index (χ1) is 9.36. The average Bonchev–Trinajstić information content (AvgIpc) is 2.32. The van der Waals surface area contributed by atoms with E-state index < -0.39 is 10.0 Å². The summed E-state index contributed by atoms with van der Waals surface area (Å²) in [7, 11) is -3.48. The van der Waals surface area contributed by atoms with Gasteiger partial charge in [-0.2, -0.15) is 4.31 Å². The van der Waals surface area contributed by atoms with Crippen LogP contribution in [-0.4, -0.2) is 25.8 Å². The van der Waals surface area contributed by atoms with Crippen LogP contribution in [-0.2, 0) is 10.0 Å². The Morgan fingerprint density at radius 1 is 1.25 bits per heavy atom. The Morgan fingerprint density at radius 2 is 1.85 bits per heavy atom. The highest BCUT2D eigenvalue weighted by Gasteiger charge is 2.30. The van der Waals surface area contributed by atoms with Gasteiger partial charge in [-0.3, -0.25) is 0 Å². The van der Waals surface area contributed by atoms with Crippen molar-refractivity contribution in [2.45, 2.75) is 44.9 Å². The number of benzene rings is 1. The molecule has 5 heteroatoms. The Hall–Kier alpha value is -1.07. The smallest absolute Gasteiger partial charge is 0.245 e. The first kappa shape index (κ1) is 15.3. The molecule has 1 aliphatic carbocycles. The minimum Gasteiger partial charge on any atom is -0.398 e. The maximum atomic E-state index is 12.8. The molecule has 0 bridgehead atoms. The van der Waals surface area contributed by atoms with Gasteiger partial charge in [0, 0.05) is 13.1 Å². The molecular weight excluding hydrogens is 272 g/mol. The number of nitrogens with two attached hydrogens (primary N) is 1. The lowest BCUT2D eigenvalue weighted by molar-refractivity contribution is 0.250. The van der Waals surface area contributed by atoms with Crippen LogP contribution in [0.15, 0.2) is 17.0 Å². The van der Waals surface area contributed by atoms with E-state index in [1.165, 1.54) is 6.42 Å². The highest BCUT2D eigenvalue weighted by molar-refractivity contribution is 7.89. The molecule has 0 atom stereocenters. The van der Waals surface area contributed by atoms with E-state index in [2.05, 4.69) is 0 Å². The molecule has 0 saturated heterocycles. The highest BCUT2D eigenvalue weighted by atomic mass is 32.2. The van der Waals surface area contributed by atoms with Crippen molar-refractivity contribution >= 4 is 15.7 Å². The Kier molecular flexibility index (Phi) is 4.39. The van der Waals surface area contributed by atoms with Gasteiger partial charge in [0.15, 0.2) is 0 Å². The van der Waals surface area contributed by atoms with Crippen LogP contribution in [0.5, 0.6) is 0 Å². The lowest BCUT2D eigenvalue weighted by Crippen LogP contribution is -2.37. The predicted molar refractivity (Wildman–Crippen MR) is 82.1 cm³/mol. The molecule has 1 aliphatic rings. The summed E-state index contributed by atoms with van der Waals surface area (Å²) in [4.78, 5) is 0.252. The van der Waals surface area contributed by atoms with Gasteiger partial charge in [-0.25, -0.2) is 8.42 Å². The fourth-order valence-electron chi connectivity index (χ4n) is 2.54. The van der Waals surface area contributed by atoms with E-state index >= 15 is 0 Å². The zero-order chi connectivity index (χ0) is 14.9. The maximum Gasteiger partial charge on any atom is 0.245 e. The Balaban J connectivity index is 2.34. The zero-order valence-corrected chi connectivity index (χ0v) is 13.3. The quantitative estimate of drug-likeness (QED) is 0.850. The molecule has 0 aromatic heterocycles. The van der Waals surface area contributed by atoms with E-state index in [0.717, 1.165) is 24.0 Å². The summed E-state index contributed by atoms with van der Waals surface area (Å²) in [5.41, 5.74) is 8.26. The lowest BCUT2D eigenvalue weighted by atomic mass is 9.85. The first-order valence-electron chi connectivity index (χ1n) is 7.23. The molecule has 0 heterocycles. The molecule has 2 rings (SSSR count). The third kappa shape index (κ3) is 2.83. The van der Waals surface area contributed by atoms with Gasteiger partial charge in [-0.1, -0.05) is 13.3 Å². The lowest BCUT2D eigenvalue weighted by Gasteiger charge is -2.31. The predicted octanol–water partition coefficient (Wildman–Crippen LogP) is 2.70. The third-order valence-corrected chi connectivity index (χ3v) is 6.28. The number of hydrogen-bond donors (Lipinski definition) is 1. The summed E-state index contributed by atoms with van der Waals surface area (Å²) in [5.74, 6) is 0.512. The summed E-state index contributed by atoms with van der Waals surface area (Å²) in [6, 6.07) is 3.45. The number of nitrogens with zero attached hydrogens (tertiary/aromatic N) is 1. The minimum absolute atomic E-state index is 0.252. The fourth-order valence-corrected chi connectivity index (χ4v) is 4.24. The number of sulfonamides is 1. The largest absolute Gasteiger partial charge is 0.398 e. The van der Waals surface area contributed by atoms with Crippen LogP contribution < -0.4 is 5.73 Å². The van der Waals surface area contributed by atoms with Crippen LogP contribution in [0.3, 0.4) is 0 Å². The Morgan fingerprint density at radius 3 is 2.35 bits per heavy atom. The fraction of sp³-hybridized carbons (Fsp3) is 0.600. The molecule has 2 N–H and O–H groups in total. The van der Waals surface area contributed by atoms with Crippen molar-refractivity contribution in [1.82, 2.24) is 4.31 Å². The number of rotatable bonds is 5. The van der Waals surface area contributed by atoms with Crippen LogP contribution in [0.4, 0.5) is 5.69 Å². The second-order valence-electron chi connectivity index (χ2n) is 5.73. The molecule has 0 spiro atoms. The van der Waals surface area contributed by atoms with Crippen LogP contribution in [0.1, 0.15) is 37.3 Å². The first-order valence-corrected chi connectivity index (χ1v) is 8.67. The van der Waals surface area contributed by atoms with Crippen molar-refractivity contribution < 1.29 is 8.42 Å². The topological polar surface area (TPSA) is 63.4 Å². The van der Waals surface area contributed by atoms with Gasteiger partial charge in [0.2, 0.25) is 10.0 Å². The van der Waals surface area contributed by atoms with Crippen molar-refractivity contribution in [3.63, 3.8) is 0 Å². The standard InChI is InChI=1S/C15H24N2O2S/c1-4-17(10-13-6-5-7-13)20(18,19)15-9-12(3)11(2)8-14(15)16/h8-9,13H,4-7,10,16H2,1-3H3. The number of hydrogen-bond acceptors (Lipinski definition) is 3. The molecule has 1 fully saturated rings. The molecule has 0 unspecified atom stereocenters. The van der Waals surface area contributed by atoms with Gasteiger partial charge >= 0.3 is 0 Å². The summed E-state index contributed by atoms with van der Waals surface area (Å²) in [6.07, 6.45) is 3.48. The van der Waals surface area contributed by atoms with Crippen LogP contribution >= 0.6 is 0 Å². The van der Waals surface area contributed by atoms with Crippen molar-refractivity contribution in [3.8, 4) is 0 Å². The monoisotopic (exact) mass is 296 g/mol. The highest BCUT2D eigenvalue weighted by Crippen LogP contribution is 2.31. The Labute approximate surface area is 122 Å². The molecule has 112 valence electrons. The van der Waals surface area contributed by atoms with E-state index in [1.807, 2.05) is 20.8 Å². The minimum atomic E-state index is -3.48. The molecule has 0 radical (unpaired) electrons. The van der Waals surface area contributed by atoms with E-state index in [9.17, 15) is 8.42 Å². The van der Waals surface area contributed by atoms with Crippen molar-refractivity contribution in [3.05, 3.63) is 23.3 Å². The molecular formula is C15H24N2O2S. The Bertz CT molecular complexity index is 592.